The van der Waals surface area contributed by atoms with Crippen molar-refractivity contribution in [3.8, 4) is 0 Å². The molecule has 2 aliphatic rings. The SMILES string of the molecule is CCNCC(CC)(CC)CN1CCOC2CCCCC21. The lowest BCUT2D eigenvalue weighted by atomic mass is 9.80. The molecule has 0 aromatic carbocycles. The molecule has 1 N–H and O–H groups in total. The molecule has 3 nitrogen and oxygen atoms in total. The van der Waals surface area contributed by atoms with Gasteiger partial charge in [0.1, 0.15) is 0 Å². The molecule has 20 heavy (non-hydrogen) atoms. The number of rotatable bonds is 7. The molecular weight excluding hydrogens is 248 g/mol. The molecule has 0 aromatic rings. The van der Waals surface area contributed by atoms with Crippen molar-refractivity contribution in [3.05, 3.63) is 0 Å². The van der Waals surface area contributed by atoms with E-state index in [0.717, 1.165) is 26.2 Å². The third-order valence-electron chi connectivity index (χ3n) is 5.64. The topological polar surface area (TPSA) is 24.5 Å². The van der Waals surface area contributed by atoms with Crippen LogP contribution in [0.3, 0.4) is 0 Å². The van der Waals surface area contributed by atoms with Crippen molar-refractivity contribution in [1.29, 1.82) is 0 Å². The van der Waals surface area contributed by atoms with Gasteiger partial charge in [-0.3, -0.25) is 4.90 Å². The Kier molecular flexibility index (Phi) is 6.31. The Labute approximate surface area is 125 Å². The van der Waals surface area contributed by atoms with Crippen LogP contribution in [-0.4, -0.2) is 49.8 Å². The molecule has 2 unspecified atom stereocenters. The monoisotopic (exact) mass is 282 g/mol. The molecule has 0 amide bonds. The Morgan fingerprint density at radius 1 is 1.15 bits per heavy atom. The Morgan fingerprint density at radius 3 is 2.60 bits per heavy atom. The summed E-state index contributed by atoms with van der Waals surface area (Å²) in [6.07, 6.45) is 8.42. The minimum Gasteiger partial charge on any atom is -0.375 e. The molecule has 118 valence electrons. The van der Waals surface area contributed by atoms with Gasteiger partial charge in [-0.25, -0.2) is 0 Å². The predicted octanol–water partition coefficient (Wildman–Crippen LogP) is 3.05. The van der Waals surface area contributed by atoms with E-state index in [1.807, 2.05) is 0 Å². The maximum atomic E-state index is 6.02. The third-order valence-corrected chi connectivity index (χ3v) is 5.64. The van der Waals surface area contributed by atoms with Gasteiger partial charge in [-0.2, -0.15) is 0 Å². The minimum absolute atomic E-state index is 0.440. The zero-order chi connectivity index (χ0) is 14.4. The first-order valence-electron chi connectivity index (χ1n) is 8.81. The Morgan fingerprint density at radius 2 is 1.90 bits per heavy atom. The number of nitrogens with zero attached hydrogens (tertiary/aromatic N) is 1. The number of fused-ring (bicyclic) bond motifs is 1. The van der Waals surface area contributed by atoms with E-state index < -0.39 is 0 Å². The normalized spacial score (nSPS) is 28.4. The summed E-state index contributed by atoms with van der Waals surface area (Å²) >= 11 is 0. The number of ether oxygens (including phenoxy) is 1. The van der Waals surface area contributed by atoms with E-state index in [1.54, 1.807) is 0 Å². The lowest BCUT2D eigenvalue weighted by molar-refractivity contribution is -0.0994. The van der Waals surface area contributed by atoms with Gasteiger partial charge in [0, 0.05) is 25.7 Å². The van der Waals surface area contributed by atoms with Crippen molar-refractivity contribution >= 4 is 0 Å². The van der Waals surface area contributed by atoms with Gasteiger partial charge >= 0.3 is 0 Å². The van der Waals surface area contributed by atoms with Gasteiger partial charge in [0.25, 0.3) is 0 Å². The fourth-order valence-corrected chi connectivity index (χ4v) is 3.97. The van der Waals surface area contributed by atoms with Crippen LogP contribution in [0.1, 0.15) is 59.3 Å². The molecule has 1 saturated heterocycles. The van der Waals surface area contributed by atoms with Gasteiger partial charge < -0.3 is 10.1 Å². The van der Waals surface area contributed by atoms with E-state index >= 15 is 0 Å². The van der Waals surface area contributed by atoms with Crippen molar-refractivity contribution in [3.63, 3.8) is 0 Å². The summed E-state index contributed by atoms with van der Waals surface area (Å²) in [5, 5.41) is 3.59. The average Bonchev–Trinajstić information content (AvgIpc) is 2.52. The van der Waals surface area contributed by atoms with E-state index in [9.17, 15) is 0 Å². The molecule has 1 aliphatic heterocycles. The minimum atomic E-state index is 0.440. The second kappa shape index (κ2) is 7.77. The van der Waals surface area contributed by atoms with E-state index in [4.69, 9.17) is 4.74 Å². The molecule has 0 radical (unpaired) electrons. The van der Waals surface area contributed by atoms with Gasteiger partial charge in [-0.15, -0.1) is 0 Å². The molecular formula is C17H34N2O. The van der Waals surface area contributed by atoms with Crippen LogP contribution in [0.25, 0.3) is 0 Å². The molecule has 2 fully saturated rings. The van der Waals surface area contributed by atoms with E-state index in [0.29, 0.717) is 17.6 Å². The van der Waals surface area contributed by atoms with Gasteiger partial charge in [-0.1, -0.05) is 33.6 Å². The van der Waals surface area contributed by atoms with Gasteiger partial charge in [0.05, 0.1) is 12.7 Å². The number of morpholine rings is 1. The summed E-state index contributed by atoms with van der Waals surface area (Å²) in [7, 11) is 0. The second-order valence-electron chi connectivity index (χ2n) is 6.72. The van der Waals surface area contributed by atoms with Crippen molar-refractivity contribution in [1.82, 2.24) is 10.2 Å². The van der Waals surface area contributed by atoms with Crippen molar-refractivity contribution in [2.45, 2.75) is 71.4 Å². The summed E-state index contributed by atoms with van der Waals surface area (Å²) in [5.74, 6) is 0. The van der Waals surface area contributed by atoms with E-state index in [2.05, 4.69) is 31.0 Å². The van der Waals surface area contributed by atoms with Crippen LogP contribution < -0.4 is 5.32 Å². The first kappa shape index (κ1) is 16.3. The van der Waals surface area contributed by atoms with Crippen LogP contribution in [0.2, 0.25) is 0 Å². The second-order valence-corrected chi connectivity index (χ2v) is 6.72. The molecule has 0 bridgehead atoms. The molecule has 2 atom stereocenters. The maximum Gasteiger partial charge on any atom is 0.0730 e. The number of nitrogens with one attached hydrogen (secondary N) is 1. The fourth-order valence-electron chi connectivity index (χ4n) is 3.97. The highest BCUT2D eigenvalue weighted by atomic mass is 16.5. The average molecular weight is 282 g/mol. The van der Waals surface area contributed by atoms with Gasteiger partial charge in [0.2, 0.25) is 0 Å². The zero-order valence-electron chi connectivity index (χ0n) is 13.8. The Balaban J connectivity index is 2.00. The van der Waals surface area contributed by atoms with Crippen LogP contribution in [0.5, 0.6) is 0 Å². The van der Waals surface area contributed by atoms with E-state index in [-0.39, 0.29) is 0 Å². The van der Waals surface area contributed by atoms with Crippen molar-refractivity contribution in [2.75, 3.05) is 32.8 Å². The maximum absolute atomic E-state index is 6.02. The zero-order valence-corrected chi connectivity index (χ0v) is 13.8. The first-order valence-corrected chi connectivity index (χ1v) is 8.81. The van der Waals surface area contributed by atoms with Crippen LogP contribution in [-0.2, 0) is 4.74 Å². The first-order chi connectivity index (χ1) is 9.74. The van der Waals surface area contributed by atoms with Crippen molar-refractivity contribution in [2.24, 2.45) is 5.41 Å². The molecule has 1 aliphatic carbocycles. The molecule has 2 rings (SSSR count). The van der Waals surface area contributed by atoms with Crippen molar-refractivity contribution < 1.29 is 4.74 Å². The highest BCUT2D eigenvalue weighted by Crippen LogP contribution is 2.33. The summed E-state index contributed by atoms with van der Waals surface area (Å²) in [5.41, 5.74) is 0.440. The highest BCUT2D eigenvalue weighted by molar-refractivity contribution is 4.92. The quantitative estimate of drug-likeness (QED) is 0.777. The lowest BCUT2D eigenvalue weighted by Crippen LogP contribution is -2.56. The Bertz CT molecular complexity index is 276. The van der Waals surface area contributed by atoms with E-state index in [1.165, 1.54) is 45.1 Å². The number of hydrogen-bond acceptors (Lipinski definition) is 3. The van der Waals surface area contributed by atoms with Crippen LogP contribution >= 0.6 is 0 Å². The molecule has 0 aromatic heterocycles. The highest BCUT2D eigenvalue weighted by Gasteiger charge is 2.38. The van der Waals surface area contributed by atoms with Gasteiger partial charge in [0.15, 0.2) is 0 Å². The molecule has 1 saturated carbocycles. The summed E-state index contributed by atoms with van der Waals surface area (Å²) in [6, 6.07) is 0.691. The van der Waals surface area contributed by atoms with Crippen LogP contribution in [0, 0.1) is 5.41 Å². The number of hydrogen-bond donors (Lipinski definition) is 1. The molecule has 0 spiro atoms. The molecule has 1 heterocycles. The van der Waals surface area contributed by atoms with Crippen LogP contribution in [0.15, 0.2) is 0 Å². The van der Waals surface area contributed by atoms with Crippen LogP contribution in [0.4, 0.5) is 0 Å². The predicted molar refractivity (Wildman–Crippen MR) is 85.1 cm³/mol. The lowest BCUT2D eigenvalue weighted by Gasteiger charge is -2.47. The smallest absolute Gasteiger partial charge is 0.0730 e. The largest absolute Gasteiger partial charge is 0.375 e. The summed E-state index contributed by atoms with van der Waals surface area (Å²) in [4.78, 5) is 2.76. The molecule has 3 heteroatoms. The Hall–Kier alpha value is -0.120. The standard InChI is InChI=1S/C17H34N2O/c1-4-17(5-2,13-18-6-3)14-19-11-12-20-16-10-8-7-9-15(16)19/h15-16,18H,4-14H2,1-3H3. The fraction of sp³-hybridized carbons (Fsp3) is 1.00. The van der Waals surface area contributed by atoms with Gasteiger partial charge in [-0.05, 0) is 37.6 Å². The summed E-state index contributed by atoms with van der Waals surface area (Å²) < 4.78 is 6.02. The summed E-state index contributed by atoms with van der Waals surface area (Å²) in [6.45, 7) is 12.5. The third kappa shape index (κ3) is 3.75.